The lowest BCUT2D eigenvalue weighted by Gasteiger charge is -2.59. The van der Waals surface area contributed by atoms with Gasteiger partial charge in [-0.25, -0.2) is 0 Å². The lowest BCUT2D eigenvalue weighted by Crippen LogP contribution is -2.55. The van der Waals surface area contributed by atoms with Crippen molar-refractivity contribution in [1.29, 1.82) is 0 Å². The standard InChI is InChI=1S/C23H34O4/c1-5-14-18(25)9-11-23(4)17-8-10-22(3)16(6-7-20(22)27-13(2)24)15(17)12-19(26)21(14)23/h15-17,19-20,26H,5-12H2,1-4H3/t15-,16-,17-,19-,20-,22-,23+/m0/s1. The molecule has 1 N–H and O–H groups in total. The molecule has 0 heterocycles. The van der Waals surface area contributed by atoms with Crippen LogP contribution in [-0.4, -0.2) is 29.1 Å². The lowest BCUT2D eigenvalue weighted by molar-refractivity contribution is -0.158. The number of rotatable bonds is 2. The van der Waals surface area contributed by atoms with E-state index in [-0.39, 0.29) is 28.7 Å². The number of fused-ring (bicyclic) bond motifs is 5. The smallest absolute Gasteiger partial charge is 0.302 e. The monoisotopic (exact) mass is 374 g/mol. The molecular formula is C23H34O4. The summed E-state index contributed by atoms with van der Waals surface area (Å²) in [7, 11) is 0. The van der Waals surface area contributed by atoms with E-state index in [2.05, 4.69) is 13.8 Å². The summed E-state index contributed by atoms with van der Waals surface area (Å²) in [6, 6.07) is 0. The molecule has 3 fully saturated rings. The number of Topliss-reactive ketones (excluding diaryl/α,β-unsaturated/α-hetero) is 1. The zero-order valence-corrected chi connectivity index (χ0v) is 17.2. The minimum Gasteiger partial charge on any atom is -0.462 e. The molecule has 4 aliphatic carbocycles. The number of esters is 1. The van der Waals surface area contributed by atoms with Crippen LogP contribution in [0, 0.1) is 28.6 Å². The van der Waals surface area contributed by atoms with Crippen molar-refractivity contribution in [3.63, 3.8) is 0 Å². The molecule has 0 aromatic rings. The lowest BCUT2D eigenvalue weighted by atomic mass is 9.46. The van der Waals surface area contributed by atoms with E-state index in [0.29, 0.717) is 24.2 Å². The predicted molar refractivity (Wildman–Crippen MR) is 103 cm³/mol. The summed E-state index contributed by atoms with van der Waals surface area (Å²) >= 11 is 0. The summed E-state index contributed by atoms with van der Waals surface area (Å²) in [4.78, 5) is 24.1. The number of hydrogen-bond donors (Lipinski definition) is 1. The molecule has 0 aliphatic heterocycles. The van der Waals surface area contributed by atoms with E-state index in [1.165, 1.54) is 6.92 Å². The highest BCUT2D eigenvalue weighted by Crippen LogP contribution is 2.66. The Kier molecular flexibility index (Phi) is 4.57. The Bertz CT molecular complexity index is 694. The van der Waals surface area contributed by atoms with E-state index >= 15 is 0 Å². The van der Waals surface area contributed by atoms with Crippen LogP contribution in [0.5, 0.6) is 0 Å². The second-order valence-corrected chi connectivity index (χ2v) is 9.93. The Morgan fingerprint density at radius 2 is 1.93 bits per heavy atom. The van der Waals surface area contributed by atoms with Gasteiger partial charge >= 0.3 is 5.97 Å². The number of aliphatic hydroxyl groups excluding tert-OH is 1. The molecule has 150 valence electrons. The molecule has 0 bridgehead atoms. The average molecular weight is 375 g/mol. The van der Waals surface area contributed by atoms with E-state index in [0.717, 1.165) is 56.1 Å². The SMILES string of the molecule is CCC1=C2[C@@H](O)C[C@H]3[C@@H]4CC[C@H](OC(C)=O)[C@@]4(C)CC[C@@H]3[C@@]2(C)CCC1=O. The molecule has 7 atom stereocenters. The molecule has 0 aromatic heterocycles. The number of ketones is 1. The first-order valence-corrected chi connectivity index (χ1v) is 10.8. The summed E-state index contributed by atoms with van der Waals surface area (Å²) in [6.07, 6.45) is 6.71. The minimum atomic E-state index is -0.495. The zero-order chi connectivity index (χ0) is 19.6. The fraction of sp³-hybridized carbons (Fsp3) is 0.826. The highest BCUT2D eigenvalue weighted by Gasteiger charge is 2.61. The fourth-order valence-electron chi connectivity index (χ4n) is 7.64. The van der Waals surface area contributed by atoms with E-state index < -0.39 is 6.10 Å². The van der Waals surface area contributed by atoms with Crippen molar-refractivity contribution in [1.82, 2.24) is 0 Å². The average Bonchev–Trinajstić information content (AvgIpc) is 2.92. The summed E-state index contributed by atoms with van der Waals surface area (Å²) in [5.41, 5.74) is 1.96. The van der Waals surface area contributed by atoms with Gasteiger partial charge < -0.3 is 9.84 Å². The maximum absolute atomic E-state index is 12.5. The van der Waals surface area contributed by atoms with Crippen molar-refractivity contribution in [2.45, 2.75) is 91.3 Å². The van der Waals surface area contributed by atoms with Crippen LogP contribution in [0.15, 0.2) is 11.1 Å². The maximum atomic E-state index is 12.5. The van der Waals surface area contributed by atoms with Crippen molar-refractivity contribution >= 4 is 11.8 Å². The molecule has 4 rings (SSSR count). The number of ether oxygens (including phenoxy) is 1. The third-order valence-electron chi connectivity index (χ3n) is 8.81. The van der Waals surface area contributed by atoms with E-state index in [9.17, 15) is 14.7 Å². The van der Waals surface area contributed by atoms with Crippen molar-refractivity contribution < 1.29 is 19.4 Å². The van der Waals surface area contributed by atoms with Crippen molar-refractivity contribution in [2.75, 3.05) is 0 Å². The Morgan fingerprint density at radius 1 is 1.19 bits per heavy atom. The van der Waals surface area contributed by atoms with Gasteiger partial charge in [0, 0.05) is 18.8 Å². The van der Waals surface area contributed by atoms with Crippen LogP contribution in [0.2, 0.25) is 0 Å². The van der Waals surface area contributed by atoms with Gasteiger partial charge in [0.25, 0.3) is 0 Å². The normalized spacial score (nSPS) is 46.6. The molecule has 4 nitrogen and oxygen atoms in total. The summed E-state index contributed by atoms with van der Waals surface area (Å²) < 4.78 is 5.72. The van der Waals surface area contributed by atoms with Crippen LogP contribution in [0.4, 0.5) is 0 Å². The largest absolute Gasteiger partial charge is 0.462 e. The molecule has 0 spiro atoms. The summed E-state index contributed by atoms with van der Waals surface area (Å²) in [5, 5.41) is 11.1. The molecular weight excluding hydrogens is 340 g/mol. The molecule has 27 heavy (non-hydrogen) atoms. The Morgan fingerprint density at radius 3 is 2.59 bits per heavy atom. The molecule has 0 aromatic carbocycles. The molecule has 0 saturated heterocycles. The van der Waals surface area contributed by atoms with Gasteiger partial charge in [0.1, 0.15) is 6.10 Å². The Hall–Kier alpha value is -1.16. The molecule has 0 radical (unpaired) electrons. The molecule has 0 unspecified atom stereocenters. The first-order chi connectivity index (χ1) is 12.7. The summed E-state index contributed by atoms with van der Waals surface area (Å²) in [6.45, 7) is 8.17. The van der Waals surface area contributed by atoms with E-state index in [1.54, 1.807) is 0 Å². The van der Waals surface area contributed by atoms with Gasteiger partial charge in [0.2, 0.25) is 0 Å². The highest BCUT2D eigenvalue weighted by atomic mass is 16.5. The summed E-state index contributed by atoms with van der Waals surface area (Å²) in [5.74, 6) is 1.55. The predicted octanol–water partition coefficient (Wildman–Crippen LogP) is 4.20. The van der Waals surface area contributed by atoms with Crippen molar-refractivity contribution in [3.05, 3.63) is 11.1 Å². The zero-order valence-electron chi connectivity index (χ0n) is 17.2. The van der Waals surface area contributed by atoms with Crippen molar-refractivity contribution in [2.24, 2.45) is 28.6 Å². The van der Waals surface area contributed by atoms with Crippen LogP contribution in [0.25, 0.3) is 0 Å². The van der Waals surface area contributed by atoms with Crippen molar-refractivity contribution in [3.8, 4) is 0 Å². The van der Waals surface area contributed by atoms with E-state index in [4.69, 9.17) is 4.74 Å². The first-order valence-electron chi connectivity index (χ1n) is 10.8. The van der Waals surface area contributed by atoms with Gasteiger partial charge in [0.05, 0.1) is 6.10 Å². The molecule has 0 amide bonds. The van der Waals surface area contributed by atoms with Crippen LogP contribution in [0.1, 0.15) is 79.1 Å². The minimum absolute atomic E-state index is 0.0157. The highest BCUT2D eigenvalue weighted by molar-refractivity contribution is 5.97. The fourth-order valence-corrected chi connectivity index (χ4v) is 7.64. The Balaban J connectivity index is 1.70. The molecule has 3 saturated carbocycles. The number of carbonyl (C=O) groups excluding carboxylic acids is 2. The number of hydrogen-bond acceptors (Lipinski definition) is 4. The van der Waals surface area contributed by atoms with E-state index in [1.807, 2.05) is 6.92 Å². The maximum Gasteiger partial charge on any atom is 0.302 e. The van der Waals surface area contributed by atoms with Crippen LogP contribution in [-0.2, 0) is 14.3 Å². The van der Waals surface area contributed by atoms with Crippen LogP contribution in [0.3, 0.4) is 0 Å². The number of carbonyl (C=O) groups is 2. The van der Waals surface area contributed by atoms with Gasteiger partial charge in [-0.1, -0.05) is 20.8 Å². The third-order valence-corrected chi connectivity index (χ3v) is 8.81. The quantitative estimate of drug-likeness (QED) is 0.736. The Labute approximate surface area is 162 Å². The van der Waals surface area contributed by atoms with Gasteiger partial charge in [-0.15, -0.1) is 0 Å². The third kappa shape index (κ3) is 2.66. The topological polar surface area (TPSA) is 63.6 Å². The molecule has 4 heteroatoms. The number of aliphatic hydroxyl groups is 1. The first kappa shape index (κ1) is 19.2. The van der Waals surface area contributed by atoms with Gasteiger partial charge in [-0.2, -0.15) is 0 Å². The van der Waals surface area contributed by atoms with Gasteiger partial charge in [0.15, 0.2) is 5.78 Å². The van der Waals surface area contributed by atoms with Gasteiger partial charge in [-0.05, 0) is 79.3 Å². The molecule has 4 aliphatic rings. The van der Waals surface area contributed by atoms with Crippen LogP contribution >= 0.6 is 0 Å². The van der Waals surface area contributed by atoms with Crippen LogP contribution < -0.4 is 0 Å². The van der Waals surface area contributed by atoms with Gasteiger partial charge in [-0.3, -0.25) is 9.59 Å². The second-order valence-electron chi connectivity index (χ2n) is 9.93. The second kappa shape index (κ2) is 6.43.